The van der Waals surface area contributed by atoms with Gasteiger partial charge in [0.15, 0.2) is 0 Å². The molecule has 0 radical (unpaired) electrons. The van der Waals surface area contributed by atoms with Crippen LogP contribution in [0.25, 0.3) is 5.76 Å². The number of ketones is 1. The number of benzene rings is 3. The summed E-state index contributed by atoms with van der Waals surface area (Å²) in [7, 11) is 0. The van der Waals surface area contributed by atoms with Crippen molar-refractivity contribution >= 4 is 17.4 Å². The molecule has 2 aliphatic heterocycles. The van der Waals surface area contributed by atoms with Crippen LogP contribution in [0.3, 0.4) is 0 Å². The van der Waals surface area contributed by atoms with Gasteiger partial charge in [0, 0.05) is 18.5 Å². The van der Waals surface area contributed by atoms with Gasteiger partial charge in [-0.3, -0.25) is 9.59 Å². The molecular formula is C34H38N2O5. The van der Waals surface area contributed by atoms with Crippen molar-refractivity contribution in [2.45, 2.75) is 52.4 Å². The highest BCUT2D eigenvalue weighted by molar-refractivity contribution is 6.46. The summed E-state index contributed by atoms with van der Waals surface area (Å²) in [5, 5.41) is 11.5. The van der Waals surface area contributed by atoms with Crippen molar-refractivity contribution in [2.24, 2.45) is 0 Å². The van der Waals surface area contributed by atoms with E-state index in [1.165, 1.54) is 0 Å². The van der Waals surface area contributed by atoms with Crippen molar-refractivity contribution < 1.29 is 24.2 Å². The van der Waals surface area contributed by atoms with E-state index >= 15 is 0 Å². The molecule has 1 saturated heterocycles. The maximum absolute atomic E-state index is 13.5. The number of carbonyl (C=O) groups is 2. The molecule has 3 aromatic carbocycles. The minimum atomic E-state index is -0.696. The van der Waals surface area contributed by atoms with Crippen molar-refractivity contribution in [1.29, 1.82) is 0 Å². The van der Waals surface area contributed by atoms with Gasteiger partial charge in [-0.2, -0.15) is 0 Å². The molecule has 0 spiro atoms. The van der Waals surface area contributed by atoms with E-state index in [-0.39, 0.29) is 17.4 Å². The Balaban J connectivity index is 1.46. The normalized spacial score (nSPS) is 19.5. The number of aliphatic hydroxyl groups excluding tert-OH is 1. The van der Waals surface area contributed by atoms with Crippen molar-refractivity contribution in [2.75, 3.05) is 26.2 Å². The SMILES string of the molecule is CCN(CC)CCCN1C(=O)C(=O)C(=C(O)c2ccc3c(c2)C[C@@H](C)O3)[C@@H]1c1ccc(OCc2ccccc2)cc1. The van der Waals surface area contributed by atoms with Gasteiger partial charge in [-0.05, 0) is 80.0 Å². The summed E-state index contributed by atoms with van der Waals surface area (Å²) < 4.78 is 11.8. The number of Topliss-reactive ketones (excluding diaryl/α,β-unsaturated/α-hetero) is 1. The second kappa shape index (κ2) is 12.6. The lowest BCUT2D eigenvalue weighted by Crippen LogP contribution is -2.33. The third-order valence-corrected chi connectivity index (χ3v) is 7.92. The number of amides is 1. The molecule has 0 bridgehead atoms. The molecule has 3 aromatic rings. The molecule has 7 heteroatoms. The van der Waals surface area contributed by atoms with Crippen molar-refractivity contribution in [3.05, 3.63) is 101 Å². The van der Waals surface area contributed by atoms with Crippen LogP contribution in [-0.2, 0) is 22.6 Å². The Labute approximate surface area is 242 Å². The smallest absolute Gasteiger partial charge is 0.295 e. The third kappa shape index (κ3) is 6.15. The fraction of sp³-hybridized carbons (Fsp3) is 0.353. The van der Waals surface area contributed by atoms with Crippen LogP contribution in [0.4, 0.5) is 0 Å². The summed E-state index contributed by atoms with van der Waals surface area (Å²) in [5.74, 6) is 0.0622. The molecule has 2 heterocycles. The Bertz CT molecular complexity index is 1410. The van der Waals surface area contributed by atoms with E-state index in [2.05, 4.69) is 18.7 Å². The lowest BCUT2D eigenvalue weighted by atomic mass is 9.94. The van der Waals surface area contributed by atoms with E-state index in [1.54, 1.807) is 11.0 Å². The fourth-order valence-electron chi connectivity index (χ4n) is 5.67. The largest absolute Gasteiger partial charge is 0.507 e. The Kier molecular flexibility index (Phi) is 8.74. The minimum absolute atomic E-state index is 0.0569. The van der Waals surface area contributed by atoms with Crippen LogP contribution in [-0.4, -0.2) is 58.9 Å². The van der Waals surface area contributed by atoms with E-state index < -0.39 is 17.7 Å². The number of ether oxygens (including phenoxy) is 2. The molecule has 2 aliphatic rings. The van der Waals surface area contributed by atoms with Gasteiger partial charge < -0.3 is 24.4 Å². The molecule has 214 valence electrons. The molecule has 0 aromatic heterocycles. The highest BCUT2D eigenvalue weighted by atomic mass is 16.5. The average molecular weight is 555 g/mol. The zero-order valence-electron chi connectivity index (χ0n) is 24.0. The number of likely N-dealkylation sites (tertiary alicyclic amines) is 1. The Hall–Kier alpha value is -4.10. The number of aliphatic hydroxyl groups is 1. The van der Waals surface area contributed by atoms with E-state index in [1.807, 2.05) is 73.7 Å². The molecule has 1 N–H and O–H groups in total. The predicted molar refractivity (Wildman–Crippen MR) is 159 cm³/mol. The van der Waals surface area contributed by atoms with Gasteiger partial charge in [-0.1, -0.05) is 56.3 Å². The first-order valence-electron chi connectivity index (χ1n) is 14.5. The van der Waals surface area contributed by atoms with Gasteiger partial charge in [-0.15, -0.1) is 0 Å². The maximum Gasteiger partial charge on any atom is 0.295 e. The summed E-state index contributed by atoms with van der Waals surface area (Å²) in [4.78, 5) is 30.7. The third-order valence-electron chi connectivity index (χ3n) is 7.92. The van der Waals surface area contributed by atoms with Gasteiger partial charge >= 0.3 is 0 Å². The quantitative estimate of drug-likeness (QED) is 0.185. The van der Waals surface area contributed by atoms with Crippen LogP contribution >= 0.6 is 0 Å². The molecule has 0 aliphatic carbocycles. The van der Waals surface area contributed by atoms with Crippen molar-refractivity contribution in [3.8, 4) is 11.5 Å². The maximum atomic E-state index is 13.5. The van der Waals surface area contributed by atoms with Crippen LogP contribution in [0.2, 0.25) is 0 Å². The number of nitrogens with zero attached hydrogens (tertiary/aromatic N) is 2. The molecular weight excluding hydrogens is 516 g/mol. The van der Waals surface area contributed by atoms with Crippen LogP contribution in [0.5, 0.6) is 11.5 Å². The standard InChI is InChI=1S/C34H38N2O5/c1-4-35(5-2)18-9-19-36-31(25-12-15-28(16-13-25)40-22-24-10-7-6-8-11-24)30(33(38)34(36)39)32(37)26-14-17-29-27(21-26)20-23(3)41-29/h6-8,10-17,21,23,31,37H,4-5,9,18-20,22H2,1-3H3/t23-,31+/m1/s1. The average Bonchev–Trinajstić information content (AvgIpc) is 3.49. The zero-order chi connectivity index (χ0) is 28.9. The summed E-state index contributed by atoms with van der Waals surface area (Å²) in [6.45, 7) is 9.72. The van der Waals surface area contributed by atoms with E-state index in [0.29, 0.717) is 24.5 Å². The van der Waals surface area contributed by atoms with Crippen LogP contribution in [0.15, 0.2) is 78.4 Å². The minimum Gasteiger partial charge on any atom is -0.507 e. The Morgan fingerprint density at radius 1 is 1.02 bits per heavy atom. The summed E-state index contributed by atoms with van der Waals surface area (Å²) >= 11 is 0. The molecule has 0 unspecified atom stereocenters. The molecule has 0 saturated carbocycles. The first-order valence-corrected chi connectivity index (χ1v) is 14.5. The second-order valence-corrected chi connectivity index (χ2v) is 10.7. The molecule has 41 heavy (non-hydrogen) atoms. The molecule has 2 atom stereocenters. The van der Waals surface area contributed by atoms with E-state index in [9.17, 15) is 14.7 Å². The van der Waals surface area contributed by atoms with Crippen LogP contribution in [0, 0.1) is 0 Å². The van der Waals surface area contributed by atoms with Crippen LogP contribution in [0.1, 0.15) is 55.5 Å². The van der Waals surface area contributed by atoms with Gasteiger partial charge in [0.1, 0.15) is 30.0 Å². The Morgan fingerprint density at radius 2 is 1.76 bits per heavy atom. The fourth-order valence-corrected chi connectivity index (χ4v) is 5.67. The number of hydrogen-bond donors (Lipinski definition) is 1. The van der Waals surface area contributed by atoms with Gasteiger partial charge in [-0.25, -0.2) is 0 Å². The molecule has 1 fully saturated rings. The highest BCUT2D eigenvalue weighted by Gasteiger charge is 2.46. The first-order chi connectivity index (χ1) is 19.9. The summed E-state index contributed by atoms with van der Waals surface area (Å²) in [6, 6.07) is 22.1. The lowest BCUT2D eigenvalue weighted by Gasteiger charge is -2.27. The van der Waals surface area contributed by atoms with Crippen molar-refractivity contribution in [1.82, 2.24) is 9.80 Å². The molecule has 1 amide bonds. The Morgan fingerprint density at radius 3 is 2.46 bits per heavy atom. The molecule has 7 nitrogen and oxygen atoms in total. The van der Waals surface area contributed by atoms with Gasteiger partial charge in [0.05, 0.1) is 11.6 Å². The van der Waals surface area contributed by atoms with Crippen LogP contribution < -0.4 is 9.47 Å². The predicted octanol–water partition coefficient (Wildman–Crippen LogP) is 5.74. The number of rotatable bonds is 11. The topological polar surface area (TPSA) is 79.3 Å². The monoisotopic (exact) mass is 554 g/mol. The van der Waals surface area contributed by atoms with E-state index in [4.69, 9.17) is 9.47 Å². The second-order valence-electron chi connectivity index (χ2n) is 10.7. The molecule has 5 rings (SSSR count). The first kappa shape index (κ1) is 28.4. The highest BCUT2D eigenvalue weighted by Crippen LogP contribution is 2.41. The summed E-state index contributed by atoms with van der Waals surface area (Å²) in [6.07, 6.45) is 1.50. The number of carbonyl (C=O) groups excluding carboxylic acids is 2. The summed E-state index contributed by atoms with van der Waals surface area (Å²) in [5.41, 5.74) is 3.41. The van der Waals surface area contributed by atoms with E-state index in [0.717, 1.165) is 54.9 Å². The lowest BCUT2D eigenvalue weighted by molar-refractivity contribution is -0.140. The van der Waals surface area contributed by atoms with Gasteiger partial charge in [0.2, 0.25) is 0 Å². The number of hydrogen-bond acceptors (Lipinski definition) is 6. The zero-order valence-corrected chi connectivity index (χ0v) is 24.0. The van der Waals surface area contributed by atoms with Gasteiger partial charge in [0.25, 0.3) is 11.7 Å². The van der Waals surface area contributed by atoms with Crippen molar-refractivity contribution in [3.63, 3.8) is 0 Å². The number of fused-ring (bicyclic) bond motifs is 1.